The molecule has 0 heterocycles. The van der Waals surface area contributed by atoms with E-state index >= 15 is 0 Å². The van der Waals surface area contributed by atoms with Gasteiger partial charge in [-0.1, -0.05) is 29.8 Å². The lowest BCUT2D eigenvalue weighted by molar-refractivity contribution is -0.153. The van der Waals surface area contributed by atoms with Gasteiger partial charge in [0.15, 0.2) is 6.61 Å². The Hall–Kier alpha value is -0.710. The fourth-order valence-corrected chi connectivity index (χ4v) is 1.66. The lowest BCUT2D eigenvalue weighted by Crippen LogP contribution is -2.19. The maximum atomic E-state index is 12.0. The summed E-state index contributed by atoms with van der Waals surface area (Å²) in [5, 5.41) is 0. The normalized spacial score (nSPS) is 11.9. The van der Waals surface area contributed by atoms with Crippen LogP contribution in [0.4, 0.5) is 13.2 Å². The van der Waals surface area contributed by atoms with Crippen LogP contribution in [0.3, 0.4) is 0 Å². The summed E-state index contributed by atoms with van der Waals surface area (Å²) in [4.78, 5) is 0. The molecule has 0 atom stereocenters. The minimum Gasteiger partial charge on any atom is -0.484 e. The number of rotatable bonds is 3. The van der Waals surface area contributed by atoms with Gasteiger partial charge in [0.1, 0.15) is 5.75 Å². The molecule has 5 heteroatoms. The number of ether oxygens (including phenoxy) is 1. The van der Waals surface area contributed by atoms with Gasteiger partial charge in [-0.05, 0) is 29.7 Å². The maximum Gasteiger partial charge on any atom is 0.422 e. The first-order valence-electron chi connectivity index (χ1n) is 4.78. The molecule has 0 saturated carbocycles. The zero-order chi connectivity index (χ0) is 12.3. The highest BCUT2D eigenvalue weighted by molar-refractivity contribution is 9.10. The molecular weight excluding hydrogens is 285 g/mol. The average Bonchev–Trinajstić information content (AvgIpc) is 2.13. The van der Waals surface area contributed by atoms with Crippen LogP contribution >= 0.6 is 15.9 Å². The lowest BCUT2D eigenvalue weighted by atomic mass is 10.0. The Morgan fingerprint density at radius 3 is 2.38 bits per heavy atom. The van der Waals surface area contributed by atoms with Gasteiger partial charge in [0.25, 0.3) is 0 Å². The first-order valence-corrected chi connectivity index (χ1v) is 5.57. The molecule has 0 aromatic heterocycles. The van der Waals surface area contributed by atoms with Crippen LogP contribution < -0.4 is 4.74 Å². The van der Waals surface area contributed by atoms with Gasteiger partial charge in [0.2, 0.25) is 0 Å². The molecule has 0 bridgehead atoms. The SMILES string of the molecule is CC(C)c1cc(Br)cc(OCC(F)(F)F)c1. The molecule has 0 aliphatic heterocycles. The number of benzene rings is 1. The maximum absolute atomic E-state index is 12.0. The van der Waals surface area contributed by atoms with E-state index in [1.54, 1.807) is 6.07 Å². The van der Waals surface area contributed by atoms with Crippen molar-refractivity contribution in [1.82, 2.24) is 0 Å². The second kappa shape index (κ2) is 5.08. The highest BCUT2D eigenvalue weighted by Gasteiger charge is 2.28. The molecule has 0 aliphatic carbocycles. The zero-order valence-corrected chi connectivity index (χ0v) is 10.5. The van der Waals surface area contributed by atoms with E-state index in [-0.39, 0.29) is 11.7 Å². The van der Waals surface area contributed by atoms with Crippen LogP contribution in [-0.2, 0) is 0 Å². The summed E-state index contributed by atoms with van der Waals surface area (Å²) in [6.07, 6.45) is -4.31. The highest BCUT2D eigenvalue weighted by atomic mass is 79.9. The van der Waals surface area contributed by atoms with Crippen LogP contribution in [0.2, 0.25) is 0 Å². The number of hydrogen-bond acceptors (Lipinski definition) is 1. The third-order valence-electron chi connectivity index (χ3n) is 1.96. The molecule has 1 rings (SSSR count). The van der Waals surface area contributed by atoms with Gasteiger partial charge >= 0.3 is 6.18 Å². The first-order chi connectivity index (χ1) is 7.28. The van der Waals surface area contributed by atoms with Gasteiger partial charge < -0.3 is 4.74 Å². The third kappa shape index (κ3) is 4.43. The third-order valence-corrected chi connectivity index (χ3v) is 2.42. The van der Waals surface area contributed by atoms with Crippen molar-refractivity contribution in [3.63, 3.8) is 0 Å². The van der Waals surface area contributed by atoms with Gasteiger partial charge in [-0.2, -0.15) is 13.2 Å². The van der Waals surface area contributed by atoms with Gasteiger partial charge in [0, 0.05) is 4.47 Å². The molecule has 0 aliphatic rings. The van der Waals surface area contributed by atoms with E-state index in [1.807, 2.05) is 19.9 Å². The van der Waals surface area contributed by atoms with Crippen molar-refractivity contribution in [1.29, 1.82) is 0 Å². The van der Waals surface area contributed by atoms with E-state index in [0.717, 1.165) is 10.0 Å². The Kier molecular flexibility index (Phi) is 4.24. The van der Waals surface area contributed by atoms with Gasteiger partial charge in [-0.3, -0.25) is 0 Å². The van der Waals surface area contributed by atoms with Crippen molar-refractivity contribution in [2.75, 3.05) is 6.61 Å². The molecule has 1 aromatic rings. The Morgan fingerprint density at radius 2 is 1.88 bits per heavy atom. The average molecular weight is 297 g/mol. The van der Waals surface area contributed by atoms with Crippen LogP contribution in [0, 0.1) is 0 Å². The second-order valence-corrected chi connectivity index (χ2v) is 4.69. The molecular formula is C11H12BrF3O. The smallest absolute Gasteiger partial charge is 0.422 e. The second-order valence-electron chi connectivity index (χ2n) is 3.78. The standard InChI is InChI=1S/C11H12BrF3O/c1-7(2)8-3-9(12)5-10(4-8)16-6-11(13,14)15/h3-5,7H,6H2,1-2H3. The molecule has 0 N–H and O–H groups in total. The highest BCUT2D eigenvalue weighted by Crippen LogP contribution is 2.27. The fraction of sp³-hybridized carbons (Fsp3) is 0.455. The predicted molar refractivity (Wildman–Crippen MR) is 59.8 cm³/mol. The summed E-state index contributed by atoms with van der Waals surface area (Å²) in [7, 11) is 0. The summed E-state index contributed by atoms with van der Waals surface area (Å²) in [5.41, 5.74) is 0.937. The Balaban J connectivity index is 2.81. The first kappa shape index (κ1) is 13.4. The van der Waals surface area contributed by atoms with Crippen molar-refractivity contribution < 1.29 is 17.9 Å². The monoisotopic (exact) mass is 296 g/mol. The quantitative estimate of drug-likeness (QED) is 0.797. The molecule has 0 saturated heterocycles. The predicted octanol–water partition coefficient (Wildman–Crippen LogP) is 4.51. The summed E-state index contributed by atoms with van der Waals surface area (Å²) in [6.45, 7) is 2.67. The molecule has 1 nitrogen and oxygen atoms in total. The molecule has 0 spiro atoms. The zero-order valence-electron chi connectivity index (χ0n) is 8.94. The molecule has 0 radical (unpaired) electrons. The summed E-state index contributed by atoms with van der Waals surface area (Å²) < 4.78 is 41.3. The Bertz CT molecular complexity index is 361. The summed E-state index contributed by atoms with van der Waals surface area (Å²) in [6, 6.07) is 5.02. The van der Waals surface area contributed by atoms with Crippen LogP contribution in [-0.4, -0.2) is 12.8 Å². The van der Waals surface area contributed by atoms with Crippen LogP contribution in [0.25, 0.3) is 0 Å². The van der Waals surface area contributed by atoms with Gasteiger partial charge in [-0.25, -0.2) is 0 Å². The number of hydrogen-bond donors (Lipinski definition) is 0. The van der Waals surface area contributed by atoms with E-state index in [1.165, 1.54) is 6.07 Å². The largest absolute Gasteiger partial charge is 0.484 e. The topological polar surface area (TPSA) is 9.23 Å². The van der Waals surface area contributed by atoms with Crippen molar-refractivity contribution in [2.24, 2.45) is 0 Å². The lowest BCUT2D eigenvalue weighted by Gasteiger charge is -2.12. The molecule has 1 aromatic carbocycles. The van der Waals surface area contributed by atoms with E-state index in [0.29, 0.717) is 0 Å². The molecule has 0 unspecified atom stereocenters. The van der Waals surface area contributed by atoms with Crippen molar-refractivity contribution in [2.45, 2.75) is 25.9 Å². The van der Waals surface area contributed by atoms with Gasteiger partial charge in [0.05, 0.1) is 0 Å². The Morgan fingerprint density at radius 1 is 1.25 bits per heavy atom. The van der Waals surface area contributed by atoms with E-state index in [4.69, 9.17) is 0 Å². The Labute approximate surface area is 101 Å². The summed E-state index contributed by atoms with van der Waals surface area (Å²) >= 11 is 3.24. The number of alkyl halides is 3. The van der Waals surface area contributed by atoms with Crippen LogP contribution in [0.15, 0.2) is 22.7 Å². The molecule has 16 heavy (non-hydrogen) atoms. The van der Waals surface area contributed by atoms with Crippen LogP contribution in [0.5, 0.6) is 5.75 Å². The van der Waals surface area contributed by atoms with Gasteiger partial charge in [-0.15, -0.1) is 0 Å². The van der Waals surface area contributed by atoms with Crippen molar-refractivity contribution in [3.05, 3.63) is 28.2 Å². The molecule has 0 fully saturated rings. The van der Waals surface area contributed by atoms with E-state index in [2.05, 4.69) is 20.7 Å². The van der Waals surface area contributed by atoms with Crippen molar-refractivity contribution in [3.8, 4) is 5.75 Å². The molecule has 90 valence electrons. The van der Waals surface area contributed by atoms with Crippen LogP contribution in [0.1, 0.15) is 25.3 Å². The van der Waals surface area contributed by atoms with Crippen molar-refractivity contribution >= 4 is 15.9 Å². The minimum absolute atomic E-state index is 0.232. The molecule has 0 amide bonds. The van der Waals surface area contributed by atoms with E-state index < -0.39 is 12.8 Å². The number of halogens is 4. The summed E-state index contributed by atoms with van der Waals surface area (Å²) in [5.74, 6) is 0.473. The minimum atomic E-state index is -4.31. The fourth-order valence-electron chi connectivity index (χ4n) is 1.17. The van der Waals surface area contributed by atoms with E-state index in [9.17, 15) is 13.2 Å².